The summed E-state index contributed by atoms with van der Waals surface area (Å²) in [7, 11) is 0. The van der Waals surface area contributed by atoms with E-state index in [2.05, 4.69) is 5.32 Å². The lowest BCUT2D eigenvalue weighted by atomic mass is 9.89. The normalized spacial score (nSPS) is 24.8. The Labute approximate surface area is 123 Å². The third kappa shape index (κ3) is 2.12. The first-order chi connectivity index (χ1) is 10.3. The lowest BCUT2D eigenvalue weighted by Gasteiger charge is -2.40. The largest absolute Gasteiger partial charge is 0.377 e. The number of carbonyl (C=O) groups is 2. The number of rotatable bonds is 3. The predicted octanol–water partition coefficient (Wildman–Crippen LogP) is 0.903. The van der Waals surface area contributed by atoms with E-state index in [4.69, 9.17) is 4.74 Å². The van der Waals surface area contributed by atoms with Crippen LogP contribution in [0.1, 0.15) is 34.7 Å². The Balaban J connectivity index is 1.64. The SMILES string of the molecule is O=C1NCC(C(=O)N(C2CC2)C2COC2)c2ccccc21. The summed E-state index contributed by atoms with van der Waals surface area (Å²) >= 11 is 0. The predicted molar refractivity (Wildman–Crippen MR) is 76.0 cm³/mol. The molecule has 2 amide bonds. The summed E-state index contributed by atoms with van der Waals surface area (Å²) in [6.45, 7) is 1.68. The van der Waals surface area contributed by atoms with Gasteiger partial charge in [0.05, 0.1) is 25.2 Å². The molecule has 1 N–H and O–H groups in total. The summed E-state index contributed by atoms with van der Waals surface area (Å²) in [5.41, 5.74) is 1.49. The quantitative estimate of drug-likeness (QED) is 0.898. The molecule has 1 unspecified atom stereocenters. The highest BCUT2D eigenvalue weighted by molar-refractivity contribution is 6.00. The molecule has 2 fully saturated rings. The number of ether oxygens (including phenoxy) is 1. The van der Waals surface area contributed by atoms with E-state index in [1.54, 1.807) is 6.07 Å². The molecule has 1 aliphatic carbocycles. The molecule has 110 valence electrons. The molecule has 5 heteroatoms. The lowest BCUT2D eigenvalue weighted by molar-refractivity contribution is -0.147. The van der Waals surface area contributed by atoms with Crippen molar-refractivity contribution in [3.05, 3.63) is 35.4 Å². The molecule has 0 aromatic heterocycles. The smallest absolute Gasteiger partial charge is 0.251 e. The molecule has 1 aromatic carbocycles. The zero-order chi connectivity index (χ0) is 14.4. The molecule has 2 heterocycles. The van der Waals surface area contributed by atoms with Crippen LogP contribution >= 0.6 is 0 Å². The molecular formula is C16H18N2O3. The molecule has 1 saturated carbocycles. The zero-order valence-corrected chi connectivity index (χ0v) is 11.7. The third-order valence-electron chi connectivity index (χ3n) is 4.55. The van der Waals surface area contributed by atoms with Crippen molar-refractivity contribution in [1.29, 1.82) is 0 Å². The van der Waals surface area contributed by atoms with Crippen molar-refractivity contribution in [2.75, 3.05) is 19.8 Å². The summed E-state index contributed by atoms with van der Waals surface area (Å²) in [5, 5.41) is 2.84. The monoisotopic (exact) mass is 286 g/mol. The van der Waals surface area contributed by atoms with Crippen molar-refractivity contribution in [2.45, 2.75) is 30.8 Å². The van der Waals surface area contributed by atoms with Crippen molar-refractivity contribution in [3.63, 3.8) is 0 Å². The van der Waals surface area contributed by atoms with Gasteiger partial charge in [-0.3, -0.25) is 9.59 Å². The average molecular weight is 286 g/mol. The van der Waals surface area contributed by atoms with E-state index in [1.807, 2.05) is 23.1 Å². The van der Waals surface area contributed by atoms with Gasteiger partial charge in [-0.25, -0.2) is 0 Å². The first-order valence-corrected chi connectivity index (χ1v) is 7.53. The zero-order valence-electron chi connectivity index (χ0n) is 11.7. The van der Waals surface area contributed by atoms with E-state index < -0.39 is 0 Å². The number of benzene rings is 1. The number of nitrogens with one attached hydrogen (secondary N) is 1. The number of hydrogen-bond donors (Lipinski definition) is 1. The Kier molecular flexibility index (Phi) is 2.96. The van der Waals surface area contributed by atoms with Gasteiger partial charge < -0.3 is 15.0 Å². The Morgan fingerprint density at radius 2 is 1.95 bits per heavy atom. The minimum Gasteiger partial charge on any atom is -0.377 e. The van der Waals surface area contributed by atoms with Crippen LogP contribution in [0.4, 0.5) is 0 Å². The molecule has 3 aliphatic rings. The molecule has 0 radical (unpaired) electrons. The van der Waals surface area contributed by atoms with Gasteiger partial charge in [0.15, 0.2) is 0 Å². The van der Waals surface area contributed by atoms with Crippen LogP contribution in [0, 0.1) is 0 Å². The number of carbonyl (C=O) groups excluding carboxylic acids is 2. The van der Waals surface area contributed by atoms with Gasteiger partial charge in [-0.05, 0) is 24.5 Å². The Morgan fingerprint density at radius 3 is 2.62 bits per heavy atom. The van der Waals surface area contributed by atoms with Crippen LogP contribution in [0.5, 0.6) is 0 Å². The van der Waals surface area contributed by atoms with Gasteiger partial charge in [0.25, 0.3) is 5.91 Å². The van der Waals surface area contributed by atoms with Gasteiger partial charge in [-0.1, -0.05) is 18.2 Å². The second-order valence-electron chi connectivity index (χ2n) is 6.02. The van der Waals surface area contributed by atoms with Gasteiger partial charge >= 0.3 is 0 Å². The van der Waals surface area contributed by atoms with Crippen LogP contribution in [0.25, 0.3) is 0 Å². The van der Waals surface area contributed by atoms with Crippen LogP contribution in [0.15, 0.2) is 24.3 Å². The molecule has 1 saturated heterocycles. The highest BCUT2D eigenvalue weighted by Gasteiger charge is 2.44. The fourth-order valence-corrected chi connectivity index (χ4v) is 3.20. The van der Waals surface area contributed by atoms with Crippen LogP contribution in [-0.2, 0) is 9.53 Å². The van der Waals surface area contributed by atoms with Crippen molar-refractivity contribution in [1.82, 2.24) is 10.2 Å². The second kappa shape index (κ2) is 4.84. The fraction of sp³-hybridized carbons (Fsp3) is 0.500. The van der Waals surface area contributed by atoms with E-state index >= 15 is 0 Å². The van der Waals surface area contributed by atoms with Gasteiger partial charge in [-0.2, -0.15) is 0 Å². The molecule has 0 spiro atoms. The summed E-state index contributed by atoms with van der Waals surface area (Å²) in [4.78, 5) is 26.9. The topological polar surface area (TPSA) is 58.6 Å². The van der Waals surface area contributed by atoms with Crippen molar-refractivity contribution in [3.8, 4) is 0 Å². The first kappa shape index (κ1) is 12.8. The van der Waals surface area contributed by atoms with Gasteiger partial charge in [0.1, 0.15) is 0 Å². The molecule has 1 aromatic rings. The van der Waals surface area contributed by atoms with Gasteiger partial charge in [0.2, 0.25) is 5.91 Å². The van der Waals surface area contributed by atoms with E-state index in [0.717, 1.165) is 18.4 Å². The molecule has 2 aliphatic heterocycles. The average Bonchev–Trinajstić information content (AvgIpc) is 3.27. The summed E-state index contributed by atoms with van der Waals surface area (Å²) in [6, 6.07) is 8.01. The highest BCUT2D eigenvalue weighted by atomic mass is 16.5. The van der Waals surface area contributed by atoms with Crippen LogP contribution < -0.4 is 5.32 Å². The molecular weight excluding hydrogens is 268 g/mol. The number of nitrogens with zero attached hydrogens (tertiary/aromatic N) is 1. The summed E-state index contributed by atoms with van der Waals surface area (Å²) in [6.07, 6.45) is 2.17. The molecule has 0 bridgehead atoms. The van der Waals surface area contributed by atoms with Gasteiger partial charge in [-0.15, -0.1) is 0 Å². The van der Waals surface area contributed by atoms with E-state index in [-0.39, 0.29) is 23.8 Å². The van der Waals surface area contributed by atoms with E-state index in [1.165, 1.54) is 0 Å². The minimum absolute atomic E-state index is 0.0837. The maximum atomic E-state index is 13.0. The van der Waals surface area contributed by atoms with Crippen LogP contribution in [0.3, 0.4) is 0 Å². The van der Waals surface area contributed by atoms with Crippen LogP contribution in [0.2, 0.25) is 0 Å². The third-order valence-corrected chi connectivity index (χ3v) is 4.55. The van der Waals surface area contributed by atoms with E-state index in [9.17, 15) is 9.59 Å². The first-order valence-electron chi connectivity index (χ1n) is 7.53. The Hall–Kier alpha value is -1.88. The molecule has 1 atom stereocenters. The molecule has 4 rings (SSSR count). The Morgan fingerprint density at radius 1 is 1.19 bits per heavy atom. The molecule has 5 nitrogen and oxygen atoms in total. The van der Waals surface area contributed by atoms with Crippen LogP contribution in [-0.4, -0.2) is 48.6 Å². The van der Waals surface area contributed by atoms with Crippen molar-refractivity contribution < 1.29 is 14.3 Å². The maximum Gasteiger partial charge on any atom is 0.251 e. The van der Waals surface area contributed by atoms with Gasteiger partial charge in [0, 0.05) is 18.2 Å². The highest BCUT2D eigenvalue weighted by Crippen LogP contribution is 2.35. The second-order valence-corrected chi connectivity index (χ2v) is 6.02. The van der Waals surface area contributed by atoms with Crippen molar-refractivity contribution in [2.24, 2.45) is 0 Å². The lowest BCUT2D eigenvalue weighted by Crippen LogP contribution is -2.55. The van der Waals surface area contributed by atoms with Crippen molar-refractivity contribution >= 4 is 11.8 Å². The fourth-order valence-electron chi connectivity index (χ4n) is 3.20. The number of amides is 2. The summed E-state index contributed by atoms with van der Waals surface area (Å²) < 4.78 is 5.25. The maximum absolute atomic E-state index is 13.0. The Bertz CT molecular complexity index is 593. The molecule has 21 heavy (non-hydrogen) atoms. The minimum atomic E-state index is -0.264. The standard InChI is InChI=1S/C16H18N2O3/c19-15-13-4-2-1-3-12(13)14(7-17-15)16(20)18(10-5-6-10)11-8-21-9-11/h1-4,10-11,14H,5-9H2,(H,17,19). The van der Waals surface area contributed by atoms with E-state index in [0.29, 0.717) is 31.4 Å². The number of hydrogen-bond acceptors (Lipinski definition) is 3. The number of fused-ring (bicyclic) bond motifs is 1. The summed E-state index contributed by atoms with van der Waals surface area (Å²) in [5.74, 6) is -0.210.